The molecule has 1 rings (SSSR count). The van der Waals surface area contributed by atoms with E-state index in [2.05, 4.69) is 30.6 Å². The second-order valence-electron chi connectivity index (χ2n) is 5.82. The largest absolute Gasteiger partial charge is 0.377 e. The Morgan fingerprint density at radius 2 is 2.04 bits per heavy atom. The fourth-order valence-corrected chi connectivity index (χ4v) is 2.36. The first-order valence-corrected chi connectivity index (χ1v) is 8.71. The van der Waals surface area contributed by atoms with Crippen LogP contribution in [0.1, 0.15) is 32.3 Å². The molecule has 1 aromatic rings. The van der Waals surface area contributed by atoms with E-state index in [0.717, 1.165) is 18.4 Å². The maximum atomic E-state index is 5.71. The molecule has 0 bridgehead atoms. The van der Waals surface area contributed by atoms with Gasteiger partial charge in [0.1, 0.15) is 6.79 Å². The fraction of sp³-hybridized carbons (Fsp3) is 0.455. The molecule has 136 valence electrons. The van der Waals surface area contributed by atoms with Crippen LogP contribution in [0.15, 0.2) is 54.6 Å². The molecular weight excluding hydrogens is 312 g/mol. The monoisotopic (exact) mass is 342 g/mol. The van der Waals surface area contributed by atoms with Gasteiger partial charge in [-0.2, -0.15) is 0 Å². The van der Waals surface area contributed by atoms with Gasteiger partial charge in [0.2, 0.25) is 0 Å². The Bertz CT molecular complexity index is 566. The lowest BCUT2D eigenvalue weighted by atomic mass is 9.98. The van der Waals surface area contributed by atoms with Crippen molar-refractivity contribution in [2.45, 2.75) is 39.4 Å². The van der Waals surface area contributed by atoms with E-state index in [9.17, 15) is 0 Å². The molecule has 0 fully saturated rings. The minimum atomic E-state index is -0.155. The SMILES string of the molecule is C=C(/C=C\C)[C@H](OCOC)[C@H](C)C#CCCCOCc1ccccc1. The Balaban J connectivity index is 2.32. The highest BCUT2D eigenvalue weighted by Crippen LogP contribution is 2.16. The Labute approximate surface area is 152 Å². The highest BCUT2D eigenvalue weighted by molar-refractivity contribution is 5.23. The van der Waals surface area contributed by atoms with E-state index in [1.807, 2.05) is 44.2 Å². The maximum Gasteiger partial charge on any atom is 0.147 e. The molecule has 0 spiro atoms. The first kappa shape index (κ1) is 21.2. The zero-order valence-electron chi connectivity index (χ0n) is 15.7. The number of hydrogen-bond donors (Lipinski definition) is 0. The maximum absolute atomic E-state index is 5.71. The number of methoxy groups -OCH3 is 1. The predicted molar refractivity (Wildman–Crippen MR) is 103 cm³/mol. The second-order valence-corrected chi connectivity index (χ2v) is 5.82. The van der Waals surface area contributed by atoms with Crippen LogP contribution in [0.3, 0.4) is 0 Å². The third-order valence-electron chi connectivity index (χ3n) is 3.60. The molecule has 0 amide bonds. The summed E-state index contributed by atoms with van der Waals surface area (Å²) in [4.78, 5) is 0. The van der Waals surface area contributed by atoms with E-state index in [1.54, 1.807) is 7.11 Å². The topological polar surface area (TPSA) is 27.7 Å². The van der Waals surface area contributed by atoms with Gasteiger partial charge in [-0.25, -0.2) is 0 Å². The zero-order valence-corrected chi connectivity index (χ0v) is 15.7. The van der Waals surface area contributed by atoms with Crippen molar-refractivity contribution in [1.82, 2.24) is 0 Å². The smallest absolute Gasteiger partial charge is 0.147 e. The second kappa shape index (κ2) is 13.4. The molecule has 0 saturated heterocycles. The van der Waals surface area contributed by atoms with E-state index in [1.165, 1.54) is 5.56 Å². The number of unbranched alkanes of at least 4 members (excludes halogenated alkanes) is 1. The Morgan fingerprint density at radius 1 is 1.28 bits per heavy atom. The average Bonchev–Trinajstić information content (AvgIpc) is 2.62. The number of rotatable bonds is 11. The van der Waals surface area contributed by atoms with Crippen molar-refractivity contribution < 1.29 is 14.2 Å². The van der Waals surface area contributed by atoms with E-state index < -0.39 is 0 Å². The van der Waals surface area contributed by atoms with Crippen molar-refractivity contribution in [3.63, 3.8) is 0 Å². The molecule has 0 heterocycles. The van der Waals surface area contributed by atoms with Crippen LogP contribution in [0, 0.1) is 17.8 Å². The van der Waals surface area contributed by atoms with Crippen LogP contribution in [-0.2, 0) is 20.8 Å². The molecule has 0 aromatic heterocycles. The molecule has 0 aliphatic carbocycles. The molecule has 0 radical (unpaired) electrons. The number of benzene rings is 1. The van der Waals surface area contributed by atoms with Crippen molar-refractivity contribution in [3.05, 3.63) is 60.2 Å². The molecular formula is C22H30O3. The summed E-state index contributed by atoms with van der Waals surface area (Å²) < 4.78 is 16.4. The molecule has 0 unspecified atom stereocenters. The lowest BCUT2D eigenvalue weighted by Gasteiger charge is -2.21. The van der Waals surface area contributed by atoms with E-state index in [0.29, 0.717) is 13.2 Å². The Hall–Kier alpha value is -1.86. The van der Waals surface area contributed by atoms with Crippen LogP contribution >= 0.6 is 0 Å². The number of ether oxygens (including phenoxy) is 3. The number of hydrogen-bond acceptors (Lipinski definition) is 3. The number of allylic oxidation sites excluding steroid dienone is 1. The zero-order chi connectivity index (χ0) is 18.3. The van der Waals surface area contributed by atoms with Crippen molar-refractivity contribution in [1.29, 1.82) is 0 Å². The van der Waals surface area contributed by atoms with Gasteiger partial charge in [0, 0.05) is 26.1 Å². The summed E-state index contributed by atoms with van der Waals surface area (Å²) in [5, 5.41) is 0. The van der Waals surface area contributed by atoms with Gasteiger partial charge in [-0.3, -0.25) is 0 Å². The molecule has 2 atom stereocenters. The summed E-state index contributed by atoms with van der Waals surface area (Å²) in [6, 6.07) is 10.2. The van der Waals surface area contributed by atoms with Crippen LogP contribution in [0.4, 0.5) is 0 Å². The fourth-order valence-electron chi connectivity index (χ4n) is 2.36. The van der Waals surface area contributed by atoms with Crippen molar-refractivity contribution in [3.8, 4) is 11.8 Å². The lowest BCUT2D eigenvalue weighted by molar-refractivity contribution is -0.0669. The molecule has 3 heteroatoms. The molecule has 25 heavy (non-hydrogen) atoms. The minimum absolute atomic E-state index is 0.0593. The molecule has 0 aliphatic heterocycles. The van der Waals surface area contributed by atoms with Gasteiger partial charge < -0.3 is 14.2 Å². The third-order valence-corrected chi connectivity index (χ3v) is 3.60. The van der Waals surface area contributed by atoms with E-state index >= 15 is 0 Å². The van der Waals surface area contributed by atoms with E-state index in [4.69, 9.17) is 14.2 Å². The van der Waals surface area contributed by atoms with Crippen molar-refractivity contribution in [2.24, 2.45) is 5.92 Å². The van der Waals surface area contributed by atoms with Gasteiger partial charge in [-0.15, -0.1) is 5.92 Å². The average molecular weight is 342 g/mol. The first-order valence-electron chi connectivity index (χ1n) is 8.71. The van der Waals surface area contributed by atoms with Crippen LogP contribution in [0.25, 0.3) is 0 Å². The van der Waals surface area contributed by atoms with Gasteiger partial charge >= 0.3 is 0 Å². The quantitative estimate of drug-likeness (QED) is 0.251. The standard InChI is InChI=1S/C22H30O3/c1-5-12-19(2)22(25-18-23-4)20(3)13-8-7-11-16-24-17-21-14-9-6-10-15-21/h5-6,9-10,12,14-15,20,22H,2,7,11,16-18H2,1,3-4H3/b12-5-/t20-,22+/m1/s1. The summed E-state index contributed by atoms with van der Waals surface area (Å²) in [6.07, 6.45) is 5.49. The van der Waals surface area contributed by atoms with Crippen molar-refractivity contribution >= 4 is 0 Å². The Kier molecular flexibility index (Phi) is 11.4. The highest BCUT2D eigenvalue weighted by atomic mass is 16.7. The molecule has 1 aromatic carbocycles. The molecule has 0 saturated carbocycles. The predicted octanol–water partition coefficient (Wildman–Crippen LogP) is 4.74. The van der Waals surface area contributed by atoms with Gasteiger partial charge in [-0.1, -0.05) is 55.0 Å². The van der Waals surface area contributed by atoms with Gasteiger partial charge in [0.15, 0.2) is 0 Å². The van der Waals surface area contributed by atoms with Crippen LogP contribution in [0.2, 0.25) is 0 Å². The van der Waals surface area contributed by atoms with Crippen LogP contribution in [-0.4, -0.2) is 26.6 Å². The molecule has 3 nitrogen and oxygen atoms in total. The molecule has 0 aliphatic rings. The van der Waals surface area contributed by atoms with Crippen LogP contribution in [0.5, 0.6) is 0 Å². The minimum Gasteiger partial charge on any atom is -0.377 e. The summed E-state index contributed by atoms with van der Waals surface area (Å²) >= 11 is 0. The van der Waals surface area contributed by atoms with Gasteiger partial charge in [0.05, 0.1) is 12.7 Å². The summed E-state index contributed by atoms with van der Waals surface area (Å²) in [7, 11) is 1.61. The van der Waals surface area contributed by atoms with Gasteiger partial charge in [0.25, 0.3) is 0 Å². The van der Waals surface area contributed by atoms with Crippen molar-refractivity contribution in [2.75, 3.05) is 20.5 Å². The first-order chi connectivity index (χ1) is 12.2. The third kappa shape index (κ3) is 9.26. The summed E-state index contributed by atoms with van der Waals surface area (Å²) in [5.41, 5.74) is 2.11. The van der Waals surface area contributed by atoms with Crippen LogP contribution < -0.4 is 0 Å². The highest BCUT2D eigenvalue weighted by Gasteiger charge is 2.17. The summed E-state index contributed by atoms with van der Waals surface area (Å²) in [5.74, 6) is 6.54. The van der Waals surface area contributed by atoms with E-state index in [-0.39, 0.29) is 18.8 Å². The lowest BCUT2D eigenvalue weighted by Crippen LogP contribution is -2.23. The molecule has 0 N–H and O–H groups in total. The normalized spacial score (nSPS) is 13.2. The summed E-state index contributed by atoms with van der Waals surface area (Å²) in [6.45, 7) is 9.68. The van der Waals surface area contributed by atoms with Gasteiger partial charge in [-0.05, 0) is 31.4 Å². The Morgan fingerprint density at radius 3 is 2.72 bits per heavy atom.